The number of nitrogens with zero attached hydrogens (tertiary/aromatic N) is 2. The first-order valence-electron chi connectivity index (χ1n) is 16.9. The van der Waals surface area contributed by atoms with Crippen LogP contribution in [-0.4, -0.2) is 25.7 Å². The summed E-state index contributed by atoms with van der Waals surface area (Å²) in [4.78, 5) is 22.1. The summed E-state index contributed by atoms with van der Waals surface area (Å²) in [5.41, 5.74) is 0.821. The Bertz CT molecular complexity index is 1240. The Balaban J connectivity index is 1.43. The van der Waals surface area contributed by atoms with E-state index in [2.05, 4.69) is 6.92 Å². The summed E-state index contributed by atoms with van der Waals surface area (Å²) in [6.07, 6.45) is 18.4. The van der Waals surface area contributed by atoms with E-state index in [1.807, 2.05) is 24.3 Å². The molecule has 0 heterocycles. The fourth-order valence-electron chi connectivity index (χ4n) is 5.40. The molecule has 0 saturated carbocycles. The van der Waals surface area contributed by atoms with Gasteiger partial charge in [-0.3, -0.25) is 20.2 Å². The molecule has 0 aromatic heterocycles. The summed E-state index contributed by atoms with van der Waals surface area (Å²) in [6.45, 7) is 2.89. The molecule has 0 spiro atoms. The lowest BCUT2D eigenvalue weighted by Crippen LogP contribution is -2.36. The van der Waals surface area contributed by atoms with E-state index < -0.39 is 19.1 Å². The molecule has 0 aliphatic heterocycles. The van der Waals surface area contributed by atoms with Crippen LogP contribution in [0.2, 0.25) is 0 Å². The molecule has 250 valence electrons. The monoisotopic (exact) mass is 650 g/mol. The Kier molecular flexibility index (Phi) is 17.6. The van der Waals surface area contributed by atoms with Gasteiger partial charge in [0.2, 0.25) is 0 Å². The van der Waals surface area contributed by atoms with Gasteiger partial charge in [-0.05, 0) is 35.9 Å². The Morgan fingerprint density at radius 2 is 0.978 bits per heavy atom. The van der Waals surface area contributed by atoms with E-state index in [1.165, 1.54) is 89.2 Å². The van der Waals surface area contributed by atoms with Gasteiger partial charge in [0.1, 0.15) is 5.75 Å². The van der Waals surface area contributed by atoms with Gasteiger partial charge in [0.05, 0.1) is 40.8 Å². The molecule has 3 aromatic rings. The normalized spacial score (nSPS) is 11.2. The van der Waals surface area contributed by atoms with Crippen molar-refractivity contribution in [3.63, 3.8) is 0 Å². The minimum atomic E-state index is -2.62. The summed E-state index contributed by atoms with van der Waals surface area (Å²) in [6, 6.07) is 20.4. The average Bonchev–Trinajstić information content (AvgIpc) is 3.07. The number of hydrogen-bond acceptors (Lipinski definition) is 7. The lowest BCUT2D eigenvalue weighted by molar-refractivity contribution is -0.385. The first-order chi connectivity index (χ1) is 22.5. The highest BCUT2D eigenvalue weighted by molar-refractivity contribution is 6.61. The molecular weight excluding hydrogens is 600 g/mol. The minimum Gasteiger partial charge on any atom is -0.494 e. The van der Waals surface area contributed by atoms with E-state index in [-0.39, 0.29) is 24.6 Å². The molecule has 0 fully saturated rings. The van der Waals surface area contributed by atoms with Crippen molar-refractivity contribution in [1.29, 1.82) is 0 Å². The highest BCUT2D eigenvalue weighted by atomic mass is 28.3. The topological polar surface area (TPSA) is 114 Å². The van der Waals surface area contributed by atoms with Gasteiger partial charge in [0.15, 0.2) is 0 Å². The zero-order chi connectivity index (χ0) is 32.8. The summed E-state index contributed by atoms with van der Waals surface area (Å²) < 4.78 is 18.3. The lowest BCUT2D eigenvalue weighted by atomic mass is 10.0. The molecule has 0 N–H and O–H groups in total. The maximum Gasteiger partial charge on any atom is 0.356 e. The maximum absolute atomic E-state index is 11.5. The average molecular weight is 651 g/mol. The van der Waals surface area contributed by atoms with Crippen LogP contribution >= 0.6 is 0 Å². The predicted molar refractivity (Wildman–Crippen MR) is 185 cm³/mol. The Labute approximate surface area is 275 Å². The number of unbranched alkanes of at least 4 members (excludes halogenated alkanes) is 13. The van der Waals surface area contributed by atoms with E-state index in [0.29, 0.717) is 17.7 Å². The van der Waals surface area contributed by atoms with Crippen LogP contribution in [0.25, 0.3) is 0 Å². The number of nitro groups is 2. The van der Waals surface area contributed by atoms with Gasteiger partial charge in [-0.25, -0.2) is 0 Å². The molecule has 0 atom stereocenters. The van der Waals surface area contributed by atoms with Gasteiger partial charge < -0.3 is 13.6 Å². The molecule has 10 heteroatoms. The van der Waals surface area contributed by atoms with Crippen LogP contribution in [0.15, 0.2) is 72.8 Å². The van der Waals surface area contributed by atoms with Gasteiger partial charge in [0, 0.05) is 12.1 Å². The van der Waals surface area contributed by atoms with Crippen molar-refractivity contribution >= 4 is 25.8 Å². The second-order valence-electron chi connectivity index (χ2n) is 11.7. The smallest absolute Gasteiger partial charge is 0.356 e. The molecule has 9 nitrogen and oxygen atoms in total. The van der Waals surface area contributed by atoms with Crippen molar-refractivity contribution in [2.45, 2.75) is 110 Å². The van der Waals surface area contributed by atoms with Gasteiger partial charge in [0.25, 0.3) is 11.4 Å². The van der Waals surface area contributed by atoms with Crippen LogP contribution in [0.4, 0.5) is 11.4 Å². The van der Waals surface area contributed by atoms with Crippen molar-refractivity contribution in [3.8, 4) is 5.75 Å². The standard InChI is InChI=1S/C36H50N2O7Si/c1-2-3-4-5-6-7-8-9-10-11-12-13-14-19-28-43-33-24-26-34(27-25-33)46(44-29-31-20-15-17-22-35(31)37(39)40)45-30-32-21-16-18-23-36(32)38(41)42/h15-18,20-27,46H,2-14,19,28-30H2,1H3. The van der Waals surface area contributed by atoms with Gasteiger partial charge in [-0.15, -0.1) is 0 Å². The van der Waals surface area contributed by atoms with Crippen LogP contribution in [-0.2, 0) is 22.1 Å². The van der Waals surface area contributed by atoms with E-state index in [9.17, 15) is 20.2 Å². The number of ether oxygens (including phenoxy) is 1. The molecule has 0 radical (unpaired) electrons. The van der Waals surface area contributed by atoms with Gasteiger partial charge in [-0.2, -0.15) is 0 Å². The Morgan fingerprint density at radius 3 is 1.41 bits per heavy atom. The number of hydrogen-bond donors (Lipinski definition) is 0. The number of benzene rings is 3. The van der Waals surface area contributed by atoms with Crippen LogP contribution in [0.5, 0.6) is 5.75 Å². The maximum atomic E-state index is 11.5. The minimum absolute atomic E-state index is 0.0116. The Morgan fingerprint density at radius 1 is 0.565 bits per heavy atom. The summed E-state index contributed by atoms with van der Waals surface area (Å²) in [7, 11) is -2.62. The highest BCUT2D eigenvalue weighted by Crippen LogP contribution is 2.22. The molecule has 0 amide bonds. The zero-order valence-corrected chi connectivity index (χ0v) is 28.4. The van der Waals surface area contributed by atoms with Crippen molar-refractivity contribution in [3.05, 3.63) is 104 Å². The van der Waals surface area contributed by atoms with Crippen LogP contribution in [0, 0.1) is 20.2 Å². The third-order valence-corrected chi connectivity index (χ3v) is 9.94. The summed E-state index contributed by atoms with van der Waals surface area (Å²) in [5, 5.41) is 23.8. The zero-order valence-electron chi connectivity index (χ0n) is 27.3. The lowest BCUT2D eigenvalue weighted by Gasteiger charge is -2.18. The van der Waals surface area contributed by atoms with Crippen LogP contribution < -0.4 is 9.92 Å². The van der Waals surface area contributed by atoms with Crippen LogP contribution in [0.1, 0.15) is 108 Å². The molecular formula is C36H50N2O7Si. The van der Waals surface area contributed by atoms with E-state index >= 15 is 0 Å². The second kappa shape index (κ2) is 22.0. The third kappa shape index (κ3) is 13.8. The molecule has 46 heavy (non-hydrogen) atoms. The first kappa shape index (κ1) is 36.9. The molecule has 0 unspecified atom stereocenters. The van der Waals surface area contributed by atoms with Crippen molar-refractivity contribution in [2.75, 3.05) is 6.61 Å². The quantitative estimate of drug-likeness (QED) is 0.0389. The molecule has 0 aliphatic carbocycles. The van der Waals surface area contributed by atoms with Crippen LogP contribution in [0.3, 0.4) is 0 Å². The largest absolute Gasteiger partial charge is 0.494 e. The molecule has 0 bridgehead atoms. The van der Waals surface area contributed by atoms with E-state index in [4.69, 9.17) is 13.6 Å². The highest BCUT2D eigenvalue weighted by Gasteiger charge is 2.22. The van der Waals surface area contributed by atoms with Gasteiger partial charge >= 0.3 is 9.28 Å². The first-order valence-corrected chi connectivity index (χ1v) is 18.4. The number of para-hydroxylation sites is 2. The Hall–Kier alpha value is -3.60. The molecule has 0 saturated heterocycles. The number of nitro benzene ring substituents is 2. The van der Waals surface area contributed by atoms with Crippen molar-refractivity contribution in [2.24, 2.45) is 0 Å². The predicted octanol–water partition coefficient (Wildman–Crippen LogP) is 9.22. The fraction of sp³-hybridized carbons (Fsp3) is 0.500. The molecule has 0 aliphatic rings. The molecule has 3 rings (SSSR count). The van der Waals surface area contributed by atoms with Crippen molar-refractivity contribution in [1.82, 2.24) is 0 Å². The van der Waals surface area contributed by atoms with Crippen molar-refractivity contribution < 1.29 is 23.4 Å². The number of rotatable bonds is 25. The van der Waals surface area contributed by atoms with E-state index in [0.717, 1.165) is 23.8 Å². The summed E-state index contributed by atoms with van der Waals surface area (Å²) in [5.74, 6) is 0.753. The van der Waals surface area contributed by atoms with E-state index in [1.54, 1.807) is 36.4 Å². The second-order valence-corrected chi connectivity index (χ2v) is 13.7. The molecule has 3 aromatic carbocycles. The fourth-order valence-corrected chi connectivity index (χ4v) is 7.05. The SMILES string of the molecule is CCCCCCCCCCCCCCCCOc1ccc([SiH](OCc2ccccc2[N+](=O)[O-])OCc2ccccc2[N+](=O)[O-])cc1. The van der Waals surface area contributed by atoms with Gasteiger partial charge in [-0.1, -0.05) is 127 Å². The third-order valence-electron chi connectivity index (χ3n) is 8.08. The summed E-state index contributed by atoms with van der Waals surface area (Å²) >= 11 is 0.